The molecule has 1 aromatic carbocycles. The predicted octanol–water partition coefficient (Wildman–Crippen LogP) is 4.19. The number of nitrogens with zero attached hydrogens (tertiary/aromatic N) is 3. The van der Waals surface area contributed by atoms with E-state index in [1.165, 1.54) is 0 Å². The predicted molar refractivity (Wildman–Crippen MR) is 89.6 cm³/mol. The fourth-order valence-corrected chi connectivity index (χ4v) is 3.29. The fourth-order valence-electron chi connectivity index (χ4n) is 2.49. The number of hydrogen-bond acceptors (Lipinski definition) is 5. The smallest absolute Gasteiger partial charge is 0.263 e. The molecule has 0 fully saturated rings. The average Bonchev–Trinajstić information content (AvgIpc) is 2.45. The molecule has 0 saturated heterocycles. The van der Waals surface area contributed by atoms with E-state index in [2.05, 4.69) is 10.2 Å². The number of fused-ring (bicyclic) bond motifs is 1. The second kappa shape index (κ2) is 5.99. The van der Waals surface area contributed by atoms with Crippen LogP contribution in [-0.2, 0) is 6.42 Å². The molecule has 0 atom stereocenters. The molecule has 8 heteroatoms. The van der Waals surface area contributed by atoms with Gasteiger partial charge in [0.05, 0.1) is 10.0 Å². The first-order chi connectivity index (χ1) is 10.5. The van der Waals surface area contributed by atoms with Gasteiger partial charge in [-0.25, -0.2) is 0 Å². The summed E-state index contributed by atoms with van der Waals surface area (Å²) in [4.78, 5) is 2.04. The SMILES string of the molecule is CN1CCCc2c(Cl)nnc(Oc3c(Cl)cc(N)cc3Cl)c21. The second-order valence-electron chi connectivity index (χ2n) is 5.06. The van der Waals surface area contributed by atoms with Crippen molar-refractivity contribution in [2.75, 3.05) is 24.2 Å². The van der Waals surface area contributed by atoms with Crippen LogP contribution < -0.4 is 15.4 Å². The van der Waals surface area contributed by atoms with Crippen LogP contribution in [0.2, 0.25) is 15.2 Å². The number of rotatable bonds is 2. The van der Waals surface area contributed by atoms with E-state index >= 15 is 0 Å². The first kappa shape index (κ1) is 15.5. The van der Waals surface area contributed by atoms with Crippen LogP contribution in [0.4, 0.5) is 11.4 Å². The van der Waals surface area contributed by atoms with Gasteiger partial charge in [0.1, 0.15) is 5.69 Å². The third kappa shape index (κ3) is 2.76. The van der Waals surface area contributed by atoms with E-state index in [1.807, 2.05) is 11.9 Å². The topological polar surface area (TPSA) is 64.3 Å². The Hall–Kier alpha value is -1.43. The lowest BCUT2D eigenvalue weighted by Crippen LogP contribution is -2.26. The summed E-state index contributed by atoms with van der Waals surface area (Å²) in [5.41, 5.74) is 7.89. The van der Waals surface area contributed by atoms with Crippen molar-refractivity contribution >= 4 is 46.2 Å². The number of ether oxygens (including phenoxy) is 1. The third-order valence-corrected chi connectivity index (χ3v) is 4.35. The first-order valence-electron chi connectivity index (χ1n) is 6.66. The highest BCUT2D eigenvalue weighted by molar-refractivity contribution is 6.37. The quantitative estimate of drug-likeness (QED) is 0.814. The molecule has 0 spiro atoms. The van der Waals surface area contributed by atoms with Crippen molar-refractivity contribution in [1.82, 2.24) is 10.2 Å². The van der Waals surface area contributed by atoms with Gasteiger partial charge in [0.25, 0.3) is 5.88 Å². The van der Waals surface area contributed by atoms with E-state index in [0.29, 0.717) is 32.5 Å². The highest BCUT2D eigenvalue weighted by Crippen LogP contribution is 2.43. The molecule has 0 bridgehead atoms. The van der Waals surface area contributed by atoms with Gasteiger partial charge in [-0.1, -0.05) is 34.8 Å². The van der Waals surface area contributed by atoms with E-state index < -0.39 is 0 Å². The Labute approximate surface area is 142 Å². The van der Waals surface area contributed by atoms with Crippen molar-refractivity contribution < 1.29 is 4.74 Å². The minimum absolute atomic E-state index is 0.301. The molecule has 2 aromatic rings. The zero-order valence-electron chi connectivity index (χ0n) is 11.7. The molecule has 0 unspecified atom stereocenters. The number of nitrogens with two attached hydrogens (primary N) is 1. The lowest BCUT2D eigenvalue weighted by molar-refractivity contribution is 0.452. The minimum atomic E-state index is 0.301. The van der Waals surface area contributed by atoms with Crippen LogP contribution in [0, 0.1) is 0 Å². The summed E-state index contributed by atoms with van der Waals surface area (Å²) < 4.78 is 5.83. The molecule has 0 saturated carbocycles. The molecule has 1 aliphatic rings. The molecule has 2 N–H and O–H groups in total. The zero-order valence-corrected chi connectivity index (χ0v) is 14.0. The number of nitrogen functional groups attached to an aromatic ring is 1. The van der Waals surface area contributed by atoms with Crippen molar-refractivity contribution in [1.29, 1.82) is 0 Å². The van der Waals surface area contributed by atoms with E-state index in [4.69, 9.17) is 45.3 Å². The molecule has 1 aromatic heterocycles. The lowest BCUT2D eigenvalue weighted by Gasteiger charge is -2.28. The Balaban J connectivity index is 2.07. The number of aromatic nitrogens is 2. The second-order valence-corrected chi connectivity index (χ2v) is 6.24. The van der Waals surface area contributed by atoms with Gasteiger partial charge < -0.3 is 15.4 Å². The number of benzene rings is 1. The first-order valence-corrected chi connectivity index (χ1v) is 7.79. The van der Waals surface area contributed by atoms with Crippen LogP contribution >= 0.6 is 34.8 Å². The molecule has 5 nitrogen and oxygen atoms in total. The molecule has 2 heterocycles. The van der Waals surface area contributed by atoms with E-state index in [-0.39, 0.29) is 0 Å². The largest absolute Gasteiger partial charge is 0.433 e. The van der Waals surface area contributed by atoms with E-state index in [1.54, 1.807) is 12.1 Å². The summed E-state index contributed by atoms with van der Waals surface area (Å²) in [6.07, 6.45) is 1.82. The lowest BCUT2D eigenvalue weighted by atomic mass is 10.1. The standard InChI is InChI=1S/C14H13Cl3N4O/c1-21-4-2-3-8-11(21)14(20-19-13(8)17)22-12-9(15)5-7(18)6-10(12)16/h5-6H,2-4,18H2,1H3. The maximum absolute atomic E-state index is 6.16. The van der Waals surface area contributed by atoms with Crippen molar-refractivity contribution in [3.63, 3.8) is 0 Å². The van der Waals surface area contributed by atoms with Gasteiger partial charge >= 0.3 is 0 Å². The Kier molecular flexibility index (Phi) is 4.21. The normalized spacial score (nSPS) is 13.9. The molecule has 116 valence electrons. The van der Waals surface area contributed by atoms with Crippen molar-refractivity contribution in [2.45, 2.75) is 12.8 Å². The molecular formula is C14H13Cl3N4O. The van der Waals surface area contributed by atoms with Crippen molar-refractivity contribution in [2.24, 2.45) is 0 Å². The fraction of sp³-hybridized carbons (Fsp3) is 0.286. The van der Waals surface area contributed by atoms with Crippen molar-refractivity contribution in [3.8, 4) is 11.6 Å². The average molecular weight is 360 g/mol. The molecule has 22 heavy (non-hydrogen) atoms. The summed E-state index contributed by atoms with van der Waals surface area (Å²) in [6, 6.07) is 3.14. The summed E-state index contributed by atoms with van der Waals surface area (Å²) in [5.74, 6) is 0.630. The zero-order chi connectivity index (χ0) is 15.9. The summed E-state index contributed by atoms with van der Waals surface area (Å²) in [6.45, 7) is 0.884. The Morgan fingerprint density at radius 3 is 2.55 bits per heavy atom. The van der Waals surface area contributed by atoms with Gasteiger partial charge in [-0.3, -0.25) is 0 Å². The van der Waals surface area contributed by atoms with Crippen LogP contribution in [0.25, 0.3) is 0 Å². The van der Waals surface area contributed by atoms with Crippen LogP contribution in [0.5, 0.6) is 11.6 Å². The van der Waals surface area contributed by atoms with Gasteiger partial charge in [-0.05, 0) is 25.0 Å². The number of anilines is 2. The summed E-state index contributed by atoms with van der Waals surface area (Å²) in [7, 11) is 1.95. The van der Waals surface area contributed by atoms with Crippen LogP contribution in [-0.4, -0.2) is 23.8 Å². The highest BCUT2D eigenvalue weighted by Gasteiger charge is 2.25. The molecule has 0 radical (unpaired) electrons. The van der Waals surface area contributed by atoms with Crippen LogP contribution in [0.15, 0.2) is 12.1 Å². The molecule has 0 aliphatic carbocycles. The number of hydrogen-bond donors (Lipinski definition) is 1. The van der Waals surface area contributed by atoms with Gasteiger partial charge in [0, 0.05) is 24.8 Å². The molecular weight excluding hydrogens is 347 g/mol. The van der Waals surface area contributed by atoms with Crippen LogP contribution in [0.3, 0.4) is 0 Å². The highest BCUT2D eigenvalue weighted by atomic mass is 35.5. The maximum Gasteiger partial charge on any atom is 0.263 e. The van der Waals surface area contributed by atoms with Crippen LogP contribution in [0.1, 0.15) is 12.0 Å². The number of halogens is 3. The van der Waals surface area contributed by atoms with E-state index in [0.717, 1.165) is 30.6 Å². The summed E-state index contributed by atoms with van der Waals surface area (Å²) >= 11 is 18.5. The molecule has 3 rings (SSSR count). The molecule has 0 amide bonds. The van der Waals surface area contributed by atoms with E-state index in [9.17, 15) is 0 Å². The maximum atomic E-state index is 6.16. The van der Waals surface area contributed by atoms with Gasteiger partial charge in [0.15, 0.2) is 10.9 Å². The monoisotopic (exact) mass is 358 g/mol. The van der Waals surface area contributed by atoms with Gasteiger partial charge in [0.2, 0.25) is 0 Å². The Bertz CT molecular complexity index is 715. The Morgan fingerprint density at radius 1 is 1.18 bits per heavy atom. The van der Waals surface area contributed by atoms with Crippen molar-refractivity contribution in [3.05, 3.63) is 32.9 Å². The van der Waals surface area contributed by atoms with Gasteiger partial charge in [-0.2, -0.15) is 0 Å². The van der Waals surface area contributed by atoms with Gasteiger partial charge in [-0.15, -0.1) is 10.2 Å². The molecule has 1 aliphatic heterocycles. The minimum Gasteiger partial charge on any atom is -0.433 e. The Morgan fingerprint density at radius 2 is 1.86 bits per heavy atom. The third-order valence-electron chi connectivity index (χ3n) is 3.49. The summed E-state index contributed by atoms with van der Waals surface area (Å²) in [5, 5.41) is 9.02.